The predicted octanol–water partition coefficient (Wildman–Crippen LogP) is 2.25. The van der Waals surface area contributed by atoms with Gasteiger partial charge in [0, 0.05) is 19.0 Å². The lowest BCUT2D eigenvalue weighted by Gasteiger charge is -2.13. The van der Waals surface area contributed by atoms with Gasteiger partial charge in [-0.15, -0.1) is 0 Å². The fourth-order valence-corrected chi connectivity index (χ4v) is 4.77. The molecule has 1 fully saturated rings. The summed E-state index contributed by atoms with van der Waals surface area (Å²) in [6.07, 6.45) is 4.57. The molecule has 0 aromatic carbocycles. The molecule has 0 spiro atoms. The van der Waals surface area contributed by atoms with Gasteiger partial charge in [-0.1, -0.05) is 32.4 Å². The molecule has 0 bridgehead atoms. The third-order valence-corrected chi connectivity index (χ3v) is 5.46. The standard InChI is InChI=1S/C7H14Si2/c1-8-6-4-3-5-7(6)9-2/h6-7H,3-5H2,1-2H3. The highest BCUT2D eigenvalue weighted by Crippen LogP contribution is 2.39. The van der Waals surface area contributed by atoms with E-state index >= 15 is 0 Å². The van der Waals surface area contributed by atoms with Gasteiger partial charge in [-0.05, 0) is 11.1 Å². The van der Waals surface area contributed by atoms with E-state index in [-0.39, 0.29) is 0 Å². The van der Waals surface area contributed by atoms with E-state index in [4.69, 9.17) is 0 Å². The average molecular weight is 154 g/mol. The molecule has 1 aliphatic carbocycles. The third kappa shape index (κ3) is 1.68. The Morgan fingerprint density at radius 1 is 1.00 bits per heavy atom. The largest absolute Gasteiger partial charge is 0.0731 e. The van der Waals surface area contributed by atoms with E-state index in [1.54, 1.807) is 0 Å². The van der Waals surface area contributed by atoms with Crippen LogP contribution in [0.1, 0.15) is 19.3 Å². The molecule has 1 rings (SSSR count). The zero-order valence-electron chi connectivity index (χ0n) is 6.28. The van der Waals surface area contributed by atoms with E-state index < -0.39 is 0 Å². The number of hydrogen-bond acceptors (Lipinski definition) is 0. The van der Waals surface area contributed by atoms with E-state index in [2.05, 4.69) is 13.1 Å². The second-order valence-corrected chi connectivity index (χ2v) is 5.36. The monoisotopic (exact) mass is 154 g/mol. The van der Waals surface area contributed by atoms with Crippen LogP contribution in [-0.4, -0.2) is 19.0 Å². The lowest BCUT2D eigenvalue weighted by Crippen LogP contribution is -2.05. The molecule has 0 amide bonds. The molecule has 0 nitrogen and oxygen atoms in total. The van der Waals surface area contributed by atoms with Crippen LogP contribution < -0.4 is 0 Å². The van der Waals surface area contributed by atoms with Gasteiger partial charge in [0.25, 0.3) is 0 Å². The molecule has 0 heterocycles. The van der Waals surface area contributed by atoms with Crippen LogP contribution in [-0.2, 0) is 0 Å². The summed E-state index contributed by atoms with van der Waals surface area (Å²) in [6.45, 7) is 4.73. The third-order valence-electron chi connectivity index (χ3n) is 2.26. The zero-order chi connectivity index (χ0) is 6.69. The van der Waals surface area contributed by atoms with Crippen LogP contribution in [0.2, 0.25) is 24.2 Å². The second kappa shape index (κ2) is 3.57. The van der Waals surface area contributed by atoms with Gasteiger partial charge in [0.05, 0.1) is 0 Å². The Kier molecular flexibility index (Phi) is 2.99. The molecule has 2 heteroatoms. The van der Waals surface area contributed by atoms with Crippen LogP contribution in [0.3, 0.4) is 0 Å². The number of rotatable bonds is 2. The van der Waals surface area contributed by atoms with Gasteiger partial charge in [-0.25, -0.2) is 0 Å². The molecular formula is C7H14Si2. The normalized spacial score (nSPS) is 35.3. The second-order valence-electron chi connectivity index (χ2n) is 2.72. The van der Waals surface area contributed by atoms with E-state index in [0.29, 0.717) is 0 Å². The highest BCUT2D eigenvalue weighted by atomic mass is 28.2. The van der Waals surface area contributed by atoms with Crippen molar-refractivity contribution in [1.29, 1.82) is 0 Å². The molecule has 0 N–H and O–H groups in total. The smallest absolute Gasteiger partial charge is 0.0377 e. The fraction of sp³-hybridized carbons (Fsp3) is 1.00. The van der Waals surface area contributed by atoms with Gasteiger partial charge in [0.15, 0.2) is 0 Å². The van der Waals surface area contributed by atoms with Crippen molar-refractivity contribution in [3.8, 4) is 0 Å². The van der Waals surface area contributed by atoms with Crippen molar-refractivity contribution in [2.45, 2.75) is 43.4 Å². The van der Waals surface area contributed by atoms with Crippen molar-refractivity contribution >= 4 is 19.0 Å². The summed E-state index contributed by atoms with van der Waals surface area (Å²) >= 11 is 0. The van der Waals surface area contributed by atoms with Gasteiger partial charge in [0.1, 0.15) is 0 Å². The van der Waals surface area contributed by atoms with Crippen molar-refractivity contribution in [3.63, 3.8) is 0 Å². The first-order valence-electron chi connectivity index (χ1n) is 3.73. The topological polar surface area (TPSA) is 0 Å². The molecule has 4 radical (unpaired) electrons. The Hall–Kier alpha value is 0.434. The van der Waals surface area contributed by atoms with Gasteiger partial charge in [-0.2, -0.15) is 0 Å². The first kappa shape index (κ1) is 7.54. The maximum absolute atomic E-state index is 2.36. The predicted molar refractivity (Wildman–Crippen MR) is 44.6 cm³/mol. The molecule has 0 aromatic heterocycles. The Morgan fingerprint density at radius 3 is 1.78 bits per heavy atom. The number of hydrogen-bond donors (Lipinski definition) is 0. The van der Waals surface area contributed by atoms with Gasteiger partial charge < -0.3 is 0 Å². The molecule has 50 valence electrons. The van der Waals surface area contributed by atoms with Crippen LogP contribution in [0.25, 0.3) is 0 Å². The first-order valence-corrected chi connectivity index (χ1v) is 6.88. The Labute approximate surface area is 63.1 Å². The van der Waals surface area contributed by atoms with E-state index in [1.807, 2.05) is 0 Å². The fourth-order valence-electron chi connectivity index (χ4n) is 1.65. The highest BCUT2D eigenvalue weighted by Gasteiger charge is 2.23. The maximum Gasteiger partial charge on any atom is 0.0377 e. The lowest BCUT2D eigenvalue weighted by molar-refractivity contribution is 0.857. The van der Waals surface area contributed by atoms with Crippen LogP contribution in [0.4, 0.5) is 0 Å². The molecule has 0 aliphatic heterocycles. The van der Waals surface area contributed by atoms with Crippen molar-refractivity contribution < 1.29 is 0 Å². The van der Waals surface area contributed by atoms with Crippen molar-refractivity contribution in [3.05, 3.63) is 0 Å². The van der Waals surface area contributed by atoms with E-state index in [9.17, 15) is 0 Å². The minimum Gasteiger partial charge on any atom is -0.0731 e. The molecule has 0 aromatic rings. The van der Waals surface area contributed by atoms with E-state index in [0.717, 1.165) is 11.1 Å². The van der Waals surface area contributed by atoms with Crippen LogP contribution in [0.15, 0.2) is 0 Å². The van der Waals surface area contributed by atoms with Crippen LogP contribution in [0.5, 0.6) is 0 Å². The summed E-state index contributed by atoms with van der Waals surface area (Å²) < 4.78 is 0. The SMILES string of the molecule is C[Si]C1CCCC1[Si]C. The van der Waals surface area contributed by atoms with Crippen molar-refractivity contribution in [2.75, 3.05) is 0 Å². The summed E-state index contributed by atoms with van der Waals surface area (Å²) in [7, 11) is 2.41. The molecule has 0 saturated heterocycles. The quantitative estimate of drug-likeness (QED) is 0.535. The highest BCUT2D eigenvalue weighted by molar-refractivity contribution is 6.43. The summed E-state index contributed by atoms with van der Waals surface area (Å²) in [4.78, 5) is 0. The summed E-state index contributed by atoms with van der Waals surface area (Å²) in [5, 5.41) is 0. The summed E-state index contributed by atoms with van der Waals surface area (Å²) in [5.74, 6) is 0. The van der Waals surface area contributed by atoms with Crippen molar-refractivity contribution in [1.82, 2.24) is 0 Å². The molecule has 2 unspecified atom stereocenters. The molecular weight excluding hydrogens is 140 g/mol. The molecule has 9 heavy (non-hydrogen) atoms. The Morgan fingerprint density at radius 2 is 1.44 bits per heavy atom. The molecule has 1 aliphatic rings. The minimum absolute atomic E-state index is 1.12. The lowest BCUT2D eigenvalue weighted by atomic mass is 10.4. The molecule has 1 saturated carbocycles. The zero-order valence-corrected chi connectivity index (χ0v) is 8.28. The maximum atomic E-state index is 2.36. The summed E-state index contributed by atoms with van der Waals surface area (Å²) in [6, 6.07) is 0. The van der Waals surface area contributed by atoms with Crippen LogP contribution in [0, 0.1) is 0 Å². The van der Waals surface area contributed by atoms with Crippen molar-refractivity contribution in [2.24, 2.45) is 0 Å². The Balaban J connectivity index is 2.32. The average Bonchev–Trinajstić information content (AvgIpc) is 2.33. The summed E-state index contributed by atoms with van der Waals surface area (Å²) in [5.41, 5.74) is 2.24. The van der Waals surface area contributed by atoms with E-state index in [1.165, 1.54) is 38.3 Å². The van der Waals surface area contributed by atoms with Gasteiger partial charge in [0.2, 0.25) is 0 Å². The van der Waals surface area contributed by atoms with Crippen LogP contribution >= 0.6 is 0 Å². The van der Waals surface area contributed by atoms with Gasteiger partial charge >= 0.3 is 0 Å². The first-order chi connectivity index (χ1) is 4.38. The Bertz CT molecular complexity index is 73.0. The van der Waals surface area contributed by atoms with Gasteiger partial charge in [-0.3, -0.25) is 0 Å². The minimum atomic E-state index is 1.12. The molecule has 2 atom stereocenters.